The van der Waals surface area contributed by atoms with Gasteiger partial charge in [0.2, 0.25) is 0 Å². The third kappa shape index (κ3) is 6.93. The molecule has 2 rings (SSSR count). The minimum absolute atomic E-state index is 0.0109. The maximum absolute atomic E-state index is 9.61. The Labute approximate surface area is 156 Å². The second-order valence-electron chi connectivity index (χ2n) is 8.91. The lowest BCUT2D eigenvalue weighted by atomic mass is 9.69. The van der Waals surface area contributed by atoms with E-state index in [9.17, 15) is 5.26 Å². The maximum Gasteiger partial charge on any atom is 0.0689 e. The lowest BCUT2D eigenvalue weighted by Gasteiger charge is -2.36. The van der Waals surface area contributed by atoms with E-state index >= 15 is 0 Å². The van der Waals surface area contributed by atoms with Gasteiger partial charge in [-0.15, -0.1) is 0 Å². The van der Waals surface area contributed by atoms with Crippen LogP contribution in [0.15, 0.2) is 0 Å². The molecule has 0 unspecified atom stereocenters. The van der Waals surface area contributed by atoms with Crippen molar-refractivity contribution < 1.29 is 4.74 Å². The summed E-state index contributed by atoms with van der Waals surface area (Å²) >= 11 is 0. The van der Waals surface area contributed by atoms with Crippen molar-refractivity contribution in [3.05, 3.63) is 0 Å². The van der Waals surface area contributed by atoms with Gasteiger partial charge in [-0.3, -0.25) is 0 Å². The number of rotatable bonds is 10. The first-order valence-corrected chi connectivity index (χ1v) is 11.2. The van der Waals surface area contributed by atoms with Gasteiger partial charge in [-0.05, 0) is 69.6 Å². The maximum atomic E-state index is 9.61. The predicted molar refractivity (Wildman–Crippen MR) is 105 cm³/mol. The van der Waals surface area contributed by atoms with Crippen LogP contribution in [0.25, 0.3) is 0 Å². The van der Waals surface area contributed by atoms with Gasteiger partial charge in [0.1, 0.15) is 0 Å². The molecule has 0 aromatic heterocycles. The van der Waals surface area contributed by atoms with E-state index in [1.165, 1.54) is 77.0 Å². The van der Waals surface area contributed by atoms with Crippen molar-refractivity contribution in [3.63, 3.8) is 0 Å². The fraction of sp³-hybridized carbons (Fsp3) is 0.957. The molecule has 2 nitrogen and oxygen atoms in total. The van der Waals surface area contributed by atoms with Gasteiger partial charge in [0.25, 0.3) is 0 Å². The first-order valence-electron chi connectivity index (χ1n) is 11.2. The molecule has 0 saturated heterocycles. The molecule has 0 aromatic rings. The average molecular weight is 348 g/mol. The van der Waals surface area contributed by atoms with Crippen molar-refractivity contribution in [2.24, 2.45) is 17.3 Å². The predicted octanol–water partition coefficient (Wildman–Crippen LogP) is 7.03. The molecule has 2 heteroatoms. The topological polar surface area (TPSA) is 33.0 Å². The molecule has 0 spiro atoms. The largest absolute Gasteiger partial charge is 0.378 e. The van der Waals surface area contributed by atoms with Crippen molar-refractivity contribution in [2.75, 3.05) is 6.61 Å². The minimum atomic E-state index is -0.0109. The summed E-state index contributed by atoms with van der Waals surface area (Å²) in [5.41, 5.74) is -0.0109. The number of ether oxygens (including phenoxy) is 1. The Kier molecular flexibility index (Phi) is 9.32. The Morgan fingerprint density at radius 3 is 2.16 bits per heavy atom. The summed E-state index contributed by atoms with van der Waals surface area (Å²) in [6, 6.07) is 2.66. The average Bonchev–Trinajstić information content (AvgIpc) is 2.67. The highest BCUT2D eigenvalue weighted by atomic mass is 16.5. The van der Waals surface area contributed by atoms with Crippen LogP contribution in [0.2, 0.25) is 0 Å². The van der Waals surface area contributed by atoms with Crippen LogP contribution in [-0.2, 0) is 4.74 Å². The van der Waals surface area contributed by atoms with Crippen LogP contribution in [0.3, 0.4) is 0 Å². The molecule has 144 valence electrons. The Hall–Kier alpha value is -0.550. The van der Waals surface area contributed by atoms with E-state index in [1.54, 1.807) is 0 Å². The second kappa shape index (κ2) is 11.2. The zero-order valence-electron chi connectivity index (χ0n) is 16.9. The molecule has 2 aliphatic carbocycles. The standard InChI is InChI=1S/C23H41NO/c1-3-5-7-8-20-9-11-22(12-10-20)25-18-21-13-16-23(19-24,17-14-21)15-6-4-2/h20-22H,3-18H2,1-2H3. The molecule has 0 aromatic carbocycles. The lowest BCUT2D eigenvalue weighted by Crippen LogP contribution is -2.30. The molecule has 0 aliphatic heterocycles. The fourth-order valence-electron chi connectivity index (χ4n) is 4.87. The molecule has 0 heterocycles. The summed E-state index contributed by atoms with van der Waals surface area (Å²) < 4.78 is 6.30. The van der Waals surface area contributed by atoms with Crippen LogP contribution < -0.4 is 0 Å². The summed E-state index contributed by atoms with van der Waals surface area (Å²) in [4.78, 5) is 0. The second-order valence-corrected chi connectivity index (χ2v) is 8.91. The van der Waals surface area contributed by atoms with Gasteiger partial charge in [-0.1, -0.05) is 52.4 Å². The van der Waals surface area contributed by atoms with Crippen LogP contribution >= 0.6 is 0 Å². The first kappa shape index (κ1) is 20.8. The Balaban J connectivity index is 1.60. The lowest BCUT2D eigenvalue weighted by molar-refractivity contribution is -0.0134. The van der Waals surface area contributed by atoms with E-state index in [4.69, 9.17) is 4.74 Å². The van der Waals surface area contributed by atoms with Crippen LogP contribution in [-0.4, -0.2) is 12.7 Å². The Morgan fingerprint density at radius 2 is 1.56 bits per heavy atom. The molecule has 0 amide bonds. The molecule has 0 atom stereocenters. The Bertz CT molecular complexity index is 383. The highest BCUT2D eigenvalue weighted by Crippen LogP contribution is 2.42. The van der Waals surface area contributed by atoms with E-state index in [2.05, 4.69) is 19.9 Å². The number of unbranched alkanes of at least 4 members (excludes halogenated alkanes) is 3. The normalized spacial score (nSPS) is 33.1. The zero-order valence-corrected chi connectivity index (χ0v) is 16.9. The molecule has 25 heavy (non-hydrogen) atoms. The summed E-state index contributed by atoms with van der Waals surface area (Å²) in [5.74, 6) is 1.67. The van der Waals surface area contributed by atoms with Gasteiger partial charge in [0.05, 0.1) is 17.6 Å². The third-order valence-electron chi connectivity index (χ3n) is 6.89. The zero-order chi connectivity index (χ0) is 18.0. The molecular formula is C23H41NO. The molecule has 2 fully saturated rings. The highest BCUT2D eigenvalue weighted by Gasteiger charge is 2.35. The van der Waals surface area contributed by atoms with Crippen LogP contribution in [0.4, 0.5) is 0 Å². The number of nitriles is 1. The van der Waals surface area contributed by atoms with Gasteiger partial charge in [0.15, 0.2) is 0 Å². The van der Waals surface area contributed by atoms with E-state index in [0.29, 0.717) is 12.0 Å². The summed E-state index contributed by atoms with van der Waals surface area (Å²) in [5, 5.41) is 9.61. The van der Waals surface area contributed by atoms with E-state index in [-0.39, 0.29) is 5.41 Å². The SMILES string of the molecule is CCCCCC1CCC(OCC2CCC(C#N)(CCCC)CC2)CC1. The summed E-state index contributed by atoms with van der Waals surface area (Å²) in [6.07, 6.45) is 19.6. The van der Waals surface area contributed by atoms with E-state index < -0.39 is 0 Å². The molecule has 2 aliphatic rings. The van der Waals surface area contributed by atoms with Gasteiger partial charge < -0.3 is 4.74 Å². The summed E-state index contributed by atoms with van der Waals surface area (Å²) in [7, 11) is 0. The van der Waals surface area contributed by atoms with E-state index in [0.717, 1.165) is 31.8 Å². The number of nitrogens with zero attached hydrogens (tertiary/aromatic N) is 1. The molecular weight excluding hydrogens is 306 g/mol. The molecule has 2 saturated carbocycles. The quantitative estimate of drug-likeness (QED) is 0.397. The summed E-state index contributed by atoms with van der Waals surface area (Å²) in [6.45, 7) is 5.46. The Morgan fingerprint density at radius 1 is 0.880 bits per heavy atom. The number of hydrogen-bond donors (Lipinski definition) is 0. The van der Waals surface area contributed by atoms with Crippen LogP contribution in [0, 0.1) is 28.6 Å². The van der Waals surface area contributed by atoms with Crippen molar-refractivity contribution in [1.82, 2.24) is 0 Å². The first-order chi connectivity index (χ1) is 12.2. The molecule has 0 radical (unpaired) electrons. The fourth-order valence-corrected chi connectivity index (χ4v) is 4.87. The van der Waals surface area contributed by atoms with Gasteiger partial charge in [0, 0.05) is 6.61 Å². The monoisotopic (exact) mass is 347 g/mol. The van der Waals surface area contributed by atoms with Crippen LogP contribution in [0.5, 0.6) is 0 Å². The minimum Gasteiger partial charge on any atom is -0.378 e. The van der Waals surface area contributed by atoms with E-state index in [1.807, 2.05) is 0 Å². The number of hydrogen-bond acceptors (Lipinski definition) is 2. The van der Waals surface area contributed by atoms with Crippen molar-refractivity contribution in [3.8, 4) is 6.07 Å². The smallest absolute Gasteiger partial charge is 0.0689 e. The van der Waals surface area contributed by atoms with Crippen molar-refractivity contribution >= 4 is 0 Å². The van der Waals surface area contributed by atoms with Gasteiger partial charge in [-0.25, -0.2) is 0 Å². The van der Waals surface area contributed by atoms with Crippen LogP contribution in [0.1, 0.15) is 110 Å². The van der Waals surface area contributed by atoms with Crippen molar-refractivity contribution in [2.45, 2.75) is 116 Å². The van der Waals surface area contributed by atoms with Crippen molar-refractivity contribution in [1.29, 1.82) is 5.26 Å². The van der Waals surface area contributed by atoms with Gasteiger partial charge >= 0.3 is 0 Å². The third-order valence-corrected chi connectivity index (χ3v) is 6.89. The van der Waals surface area contributed by atoms with Gasteiger partial charge in [-0.2, -0.15) is 5.26 Å². The highest BCUT2D eigenvalue weighted by molar-refractivity contribution is 5.01. The molecule has 0 bridgehead atoms. The molecule has 0 N–H and O–H groups in total.